The highest BCUT2D eigenvalue weighted by Crippen LogP contribution is 2.22. The number of nitrogens with zero attached hydrogens (tertiary/aromatic N) is 1. The van der Waals surface area contributed by atoms with Gasteiger partial charge in [-0.05, 0) is 25.1 Å². The number of hydrogen-bond donors (Lipinski definition) is 1. The highest BCUT2D eigenvalue weighted by atomic mass is 35.5. The monoisotopic (exact) mass is 292 g/mol. The fourth-order valence-electron chi connectivity index (χ4n) is 1.20. The lowest BCUT2D eigenvalue weighted by Gasteiger charge is -2.11. The third-order valence-corrected chi connectivity index (χ3v) is 3.91. The summed E-state index contributed by atoms with van der Waals surface area (Å²) in [5, 5.41) is 8.95. The van der Waals surface area contributed by atoms with Gasteiger partial charge in [0.25, 0.3) is 0 Å². The highest BCUT2D eigenvalue weighted by Gasteiger charge is 2.18. The van der Waals surface area contributed by atoms with Crippen LogP contribution in [-0.4, -0.2) is 14.5 Å². The van der Waals surface area contributed by atoms with Crippen LogP contribution in [0.3, 0.4) is 0 Å². The minimum Gasteiger partial charge on any atom is -0.207 e. The molecule has 92 valence electrons. The zero-order valence-corrected chi connectivity index (χ0v) is 11.3. The van der Waals surface area contributed by atoms with Gasteiger partial charge in [-0.25, -0.2) is 13.1 Å². The van der Waals surface area contributed by atoms with E-state index in [1.807, 2.05) is 6.07 Å². The van der Waals surface area contributed by atoms with Crippen molar-refractivity contribution >= 4 is 33.2 Å². The van der Waals surface area contributed by atoms with Crippen molar-refractivity contribution in [2.45, 2.75) is 24.3 Å². The van der Waals surface area contributed by atoms with Gasteiger partial charge in [0.15, 0.2) is 0 Å². The molecule has 1 aromatic carbocycles. The van der Waals surface area contributed by atoms with Gasteiger partial charge in [0.1, 0.15) is 0 Å². The van der Waals surface area contributed by atoms with E-state index in [0.717, 1.165) is 0 Å². The summed E-state index contributed by atoms with van der Waals surface area (Å²) in [6, 6.07) is 5.46. The summed E-state index contributed by atoms with van der Waals surface area (Å²) in [6.07, 6.45) is 0.0908. The standard InChI is InChI=1S/C10H10Cl2N2O2S/c1-7(2-3-13)14-17(15,16)10-5-8(11)4-9(12)6-10/h4-7,14H,2H2,1H3. The molecule has 1 aromatic rings. The molecule has 0 fully saturated rings. The molecule has 0 heterocycles. The molecule has 0 radical (unpaired) electrons. The number of hydrogen-bond acceptors (Lipinski definition) is 3. The van der Waals surface area contributed by atoms with Crippen molar-refractivity contribution in [3.63, 3.8) is 0 Å². The molecular formula is C10H10Cl2N2O2S. The van der Waals surface area contributed by atoms with Gasteiger partial charge in [-0.2, -0.15) is 5.26 Å². The van der Waals surface area contributed by atoms with E-state index in [9.17, 15) is 8.42 Å². The molecule has 1 rings (SSSR count). The van der Waals surface area contributed by atoms with E-state index in [2.05, 4.69) is 4.72 Å². The van der Waals surface area contributed by atoms with Crippen molar-refractivity contribution in [2.24, 2.45) is 0 Å². The molecule has 0 saturated heterocycles. The molecule has 1 atom stereocenters. The molecule has 0 saturated carbocycles. The number of nitriles is 1. The van der Waals surface area contributed by atoms with E-state index in [4.69, 9.17) is 28.5 Å². The summed E-state index contributed by atoms with van der Waals surface area (Å²) < 4.78 is 26.1. The lowest BCUT2D eigenvalue weighted by atomic mass is 10.3. The van der Waals surface area contributed by atoms with E-state index in [0.29, 0.717) is 0 Å². The van der Waals surface area contributed by atoms with Crippen LogP contribution in [0.4, 0.5) is 0 Å². The number of benzene rings is 1. The zero-order valence-electron chi connectivity index (χ0n) is 8.94. The molecule has 0 aliphatic rings. The quantitative estimate of drug-likeness (QED) is 0.927. The molecule has 1 N–H and O–H groups in total. The first-order valence-corrected chi connectivity index (χ1v) is 6.94. The van der Waals surface area contributed by atoms with Crippen molar-refractivity contribution < 1.29 is 8.42 Å². The SMILES string of the molecule is CC(CC#N)NS(=O)(=O)c1cc(Cl)cc(Cl)c1. The van der Waals surface area contributed by atoms with Crippen LogP contribution in [0.2, 0.25) is 10.0 Å². The average Bonchev–Trinajstić information content (AvgIpc) is 2.15. The van der Waals surface area contributed by atoms with Crippen LogP contribution >= 0.6 is 23.2 Å². The van der Waals surface area contributed by atoms with Crippen molar-refractivity contribution in [1.29, 1.82) is 5.26 Å². The Morgan fingerprint density at radius 3 is 2.35 bits per heavy atom. The third kappa shape index (κ3) is 4.17. The van der Waals surface area contributed by atoms with E-state index in [-0.39, 0.29) is 21.4 Å². The smallest absolute Gasteiger partial charge is 0.207 e. The van der Waals surface area contributed by atoms with Crippen molar-refractivity contribution in [3.05, 3.63) is 28.2 Å². The number of sulfonamides is 1. The Morgan fingerprint density at radius 2 is 1.88 bits per heavy atom. The predicted octanol–water partition coefficient (Wildman–Crippen LogP) is 2.57. The Kier molecular flexibility index (Phi) is 4.78. The second-order valence-electron chi connectivity index (χ2n) is 3.49. The largest absolute Gasteiger partial charge is 0.240 e. The zero-order chi connectivity index (χ0) is 13.1. The van der Waals surface area contributed by atoms with Gasteiger partial charge < -0.3 is 0 Å². The lowest BCUT2D eigenvalue weighted by molar-refractivity contribution is 0.563. The van der Waals surface area contributed by atoms with Crippen molar-refractivity contribution in [2.75, 3.05) is 0 Å². The van der Waals surface area contributed by atoms with Crippen LogP contribution in [0.25, 0.3) is 0 Å². The maximum Gasteiger partial charge on any atom is 0.240 e. The summed E-state index contributed by atoms with van der Waals surface area (Å²) in [4.78, 5) is -0.0141. The maximum absolute atomic E-state index is 11.9. The maximum atomic E-state index is 11.9. The van der Waals surface area contributed by atoms with Crippen LogP contribution in [0, 0.1) is 11.3 Å². The Morgan fingerprint density at radius 1 is 1.35 bits per heavy atom. The minimum absolute atomic E-state index is 0.0141. The van der Waals surface area contributed by atoms with Crippen LogP contribution in [0.15, 0.2) is 23.1 Å². The van der Waals surface area contributed by atoms with Crippen LogP contribution in [-0.2, 0) is 10.0 Å². The molecule has 0 aliphatic heterocycles. The average molecular weight is 293 g/mol. The second kappa shape index (κ2) is 5.69. The van der Waals surface area contributed by atoms with E-state index < -0.39 is 16.1 Å². The van der Waals surface area contributed by atoms with Crippen LogP contribution in [0.1, 0.15) is 13.3 Å². The molecule has 0 bridgehead atoms. The molecule has 4 nitrogen and oxygen atoms in total. The van der Waals surface area contributed by atoms with Gasteiger partial charge in [-0.15, -0.1) is 0 Å². The molecule has 1 unspecified atom stereocenters. The minimum atomic E-state index is -3.70. The summed E-state index contributed by atoms with van der Waals surface area (Å²) in [5.74, 6) is 0. The van der Waals surface area contributed by atoms with Gasteiger partial charge in [-0.1, -0.05) is 23.2 Å². The second-order valence-corrected chi connectivity index (χ2v) is 6.08. The summed E-state index contributed by atoms with van der Waals surface area (Å²) in [7, 11) is -3.70. The third-order valence-electron chi connectivity index (χ3n) is 1.90. The Labute approximate surface area is 110 Å². The van der Waals surface area contributed by atoms with E-state index in [1.54, 1.807) is 6.92 Å². The van der Waals surface area contributed by atoms with Gasteiger partial charge in [0.2, 0.25) is 10.0 Å². The first-order chi connectivity index (χ1) is 7.85. The Hall–Kier alpha value is -0.800. The Balaban J connectivity index is 3.02. The molecule has 0 aliphatic carbocycles. The number of nitrogens with one attached hydrogen (secondary N) is 1. The molecule has 7 heteroatoms. The lowest BCUT2D eigenvalue weighted by Crippen LogP contribution is -2.32. The molecule has 17 heavy (non-hydrogen) atoms. The predicted molar refractivity (Wildman–Crippen MR) is 66.5 cm³/mol. The van der Waals surface area contributed by atoms with Crippen molar-refractivity contribution in [3.8, 4) is 6.07 Å². The molecule has 0 spiro atoms. The highest BCUT2D eigenvalue weighted by molar-refractivity contribution is 7.89. The molecular weight excluding hydrogens is 283 g/mol. The topological polar surface area (TPSA) is 70.0 Å². The van der Waals surface area contributed by atoms with Crippen molar-refractivity contribution in [1.82, 2.24) is 4.72 Å². The number of rotatable bonds is 4. The normalized spacial score (nSPS) is 13.1. The van der Waals surface area contributed by atoms with Gasteiger partial charge in [-0.3, -0.25) is 0 Å². The Bertz CT molecular complexity index is 532. The van der Waals surface area contributed by atoms with Gasteiger partial charge in [0.05, 0.1) is 17.4 Å². The fourth-order valence-corrected chi connectivity index (χ4v) is 3.16. The summed E-state index contributed by atoms with van der Waals surface area (Å²) in [6.45, 7) is 1.60. The van der Waals surface area contributed by atoms with E-state index in [1.165, 1.54) is 18.2 Å². The molecule has 0 aromatic heterocycles. The molecule has 0 amide bonds. The van der Waals surface area contributed by atoms with Crippen LogP contribution in [0.5, 0.6) is 0 Å². The summed E-state index contributed by atoms with van der Waals surface area (Å²) >= 11 is 11.4. The van der Waals surface area contributed by atoms with Gasteiger partial charge >= 0.3 is 0 Å². The first-order valence-electron chi connectivity index (χ1n) is 4.70. The van der Waals surface area contributed by atoms with Gasteiger partial charge in [0, 0.05) is 16.1 Å². The van der Waals surface area contributed by atoms with E-state index >= 15 is 0 Å². The number of halogens is 2. The first kappa shape index (κ1) is 14.3. The fraction of sp³-hybridized carbons (Fsp3) is 0.300. The summed E-state index contributed by atoms with van der Waals surface area (Å²) in [5.41, 5.74) is 0. The van der Waals surface area contributed by atoms with Crippen LogP contribution < -0.4 is 4.72 Å².